The van der Waals surface area contributed by atoms with Crippen LogP contribution in [0, 0.1) is 13.8 Å². The lowest BCUT2D eigenvalue weighted by molar-refractivity contribution is 0.637. The average Bonchev–Trinajstić information content (AvgIpc) is 2.94. The van der Waals surface area contributed by atoms with Gasteiger partial charge in [-0.3, -0.25) is 9.36 Å². The van der Waals surface area contributed by atoms with Crippen LogP contribution < -0.4 is 5.73 Å². The molecule has 0 aliphatic carbocycles. The first-order chi connectivity index (χ1) is 9.02. The summed E-state index contributed by atoms with van der Waals surface area (Å²) in [4.78, 5) is 0. The van der Waals surface area contributed by atoms with Crippen LogP contribution in [0.15, 0.2) is 12.4 Å². The molecule has 0 saturated heterocycles. The smallest absolute Gasteiger partial charge is 0.0628 e. The van der Waals surface area contributed by atoms with Crippen molar-refractivity contribution < 1.29 is 0 Å². The Kier molecular flexibility index (Phi) is 4.04. The number of hydrogen-bond acceptors (Lipinski definition) is 3. The Bertz CT molecular complexity index is 552. The topological polar surface area (TPSA) is 61.7 Å². The van der Waals surface area contributed by atoms with Gasteiger partial charge in [-0.25, -0.2) is 0 Å². The summed E-state index contributed by atoms with van der Waals surface area (Å²) in [6.07, 6.45) is 5.79. The molecule has 5 heteroatoms. The second-order valence-electron chi connectivity index (χ2n) is 5.05. The van der Waals surface area contributed by atoms with Crippen molar-refractivity contribution in [2.75, 3.05) is 0 Å². The normalized spacial score (nSPS) is 12.9. The van der Waals surface area contributed by atoms with E-state index in [1.807, 2.05) is 28.8 Å². The fourth-order valence-electron chi connectivity index (χ4n) is 2.39. The van der Waals surface area contributed by atoms with Crippen molar-refractivity contribution >= 4 is 0 Å². The summed E-state index contributed by atoms with van der Waals surface area (Å²) in [6, 6.07) is 0.0410. The summed E-state index contributed by atoms with van der Waals surface area (Å²) in [5.74, 6) is 0. The van der Waals surface area contributed by atoms with E-state index < -0.39 is 0 Å². The quantitative estimate of drug-likeness (QED) is 0.894. The van der Waals surface area contributed by atoms with Crippen LogP contribution >= 0.6 is 0 Å². The molecule has 0 bridgehead atoms. The van der Waals surface area contributed by atoms with Crippen molar-refractivity contribution in [1.29, 1.82) is 0 Å². The van der Waals surface area contributed by atoms with E-state index in [0.717, 1.165) is 30.6 Å². The molecule has 2 heterocycles. The maximum Gasteiger partial charge on any atom is 0.0628 e. The SMILES string of the molecule is CCn1cc(C(N)CCc2c(C)nn(C)c2C)cn1. The van der Waals surface area contributed by atoms with Crippen LogP contribution in [0.2, 0.25) is 0 Å². The molecule has 1 atom stereocenters. The van der Waals surface area contributed by atoms with Gasteiger partial charge in [0.25, 0.3) is 0 Å². The molecule has 2 aromatic rings. The van der Waals surface area contributed by atoms with Crippen molar-refractivity contribution in [2.24, 2.45) is 12.8 Å². The Morgan fingerprint density at radius 2 is 2.11 bits per heavy atom. The molecule has 104 valence electrons. The van der Waals surface area contributed by atoms with Gasteiger partial charge < -0.3 is 5.73 Å². The number of nitrogens with zero attached hydrogens (tertiary/aromatic N) is 4. The van der Waals surface area contributed by atoms with Crippen LogP contribution in [0.4, 0.5) is 0 Å². The van der Waals surface area contributed by atoms with Gasteiger partial charge in [0.15, 0.2) is 0 Å². The summed E-state index contributed by atoms with van der Waals surface area (Å²) < 4.78 is 3.85. The van der Waals surface area contributed by atoms with Gasteiger partial charge in [0.2, 0.25) is 0 Å². The van der Waals surface area contributed by atoms with Crippen LogP contribution in [0.3, 0.4) is 0 Å². The first-order valence-electron chi connectivity index (χ1n) is 6.80. The third-order valence-corrected chi connectivity index (χ3v) is 3.77. The molecule has 0 aliphatic heterocycles. The Morgan fingerprint density at radius 1 is 1.37 bits per heavy atom. The van der Waals surface area contributed by atoms with E-state index in [1.54, 1.807) is 0 Å². The summed E-state index contributed by atoms with van der Waals surface area (Å²) in [6.45, 7) is 7.12. The third kappa shape index (κ3) is 2.87. The van der Waals surface area contributed by atoms with Crippen molar-refractivity contribution in [3.63, 3.8) is 0 Å². The summed E-state index contributed by atoms with van der Waals surface area (Å²) in [5.41, 5.74) is 11.0. The monoisotopic (exact) mass is 261 g/mol. The van der Waals surface area contributed by atoms with E-state index >= 15 is 0 Å². The Labute approximate surface area is 114 Å². The average molecular weight is 261 g/mol. The molecule has 0 amide bonds. The molecule has 2 N–H and O–H groups in total. The third-order valence-electron chi connectivity index (χ3n) is 3.77. The number of aryl methyl sites for hydroxylation is 3. The van der Waals surface area contributed by atoms with Crippen LogP contribution in [0.1, 0.15) is 41.9 Å². The van der Waals surface area contributed by atoms with E-state index in [4.69, 9.17) is 5.73 Å². The zero-order chi connectivity index (χ0) is 14.0. The molecule has 1 unspecified atom stereocenters. The highest BCUT2D eigenvalue weighted by Gasteiger charge is 2.13. The number of rotatable bonds is 5. The highest BCUT2D eigenvalue weighted by Crippen LogP contribution is 2.20. The zero-order valence-electron chi connectivity index (χ0n) is 12.2. The van der Waals surface area contributed by atoms with Crippen LogP contribution in [-0.4, -0.2) is 19.6 Å². The lowest BCUT2D eigenvalue weighted by atomic mass is 10.0. The predicted molar refractivity (Wildman–Crippen MR) is 75.8 cm³/mol. The minimum absolute atomic E-state index is 0.0410. The highest BCUT2D eigenvalue weighted by atomic mass is 15.3. The molecular weight excluding hydrogens is 238 g/mol. The van der Waals surface area contributed by atoms with Crippen LogP contribution in [0.5, 0.6) is 0 Å². The highest BCUT2D eigenvalue weighted by molar-refractivity contribution is 5.25. The molecule has 5 nitrogen and oxygen atoms in total. The van der Waals surface area contributed by atoms with Crippen molar-refractivity contribution in [1.82, 2.24) is 19.6 Å². The molecule has 0 radical (unpaired) electrons. The molecular formula is C14H23N5. The first-order valence-corrected chi connectivity index (χ1v) is 6.80. The standard InChI is InChI=1S/C14H23N5/c1-5-19-9-12(8-16-19)14(15)7-6-13-10(2)17-18(4)11(13)3/h8-9,14H,5-7,15H2,1-4H3. The van der Waals surface area contributed by atoms with Gasteiger partial charge in [-0.15, -0.1) is 0 Å². The van der Waals surface area contributed by atoms with Crippen molar-refractivity contribution in [3.8, 4) is 0 Å². The molecule has 0 saturated carbocycles. The maximum absolute atomic E-state index is 6.24. The fraction of sp³-hybridized carbons (Fsp3) is 0.571. The van der Waals surface area contributed by atoms with Gasteiger partial charge in [0.05, 0.1) is 11.9 Å². The minimum atomic E-state index is 0.0410. The lowest BCUT2D eigenvalue weighted by Crippen LogP contribution is -2.11. The predicted octanol–water partition coefficient (Wildman–Crippen LogP) is 1.89. The van der Waals surface area contributed by atoms with Gasteiger partial charge >= 0.3 is 0 Å². The summed E-state index contributed by atoms with van der Waals surface area (Å²) >= 11 is 0. The van der Waals surface area contributed by atoms with E-state index in [9.17, 15) is 0 Å². The molecule has 0 spiro atoms. The number of aromatic nitrogens is 4. The van der Waals surface area contributed by atoms with Gasteiger partial charge in [0.1, 0.15) is 0 Å². The number of hydrogen-bond donors (Lipinski definition) is 1. The largest absolute Gasteiger partial charge is 0.324 e. The Hall–Kier alpha value is -1.62. The lowest BCUT2D eigenvalue weighted by Gasteiger charge is -2.09. The zero-order valence-corrected chi connectivity index (χ0v) is 12.2. The maximum atomic E-state index is 6.24. The van der Waals surface area contributed by atoms with Crippen molar-refractivity contribution in [2.45, 2.75) is 46.2 Å². The fourth-order valence-corrected chi connectivity index (χ4v) is 2.39. The summed E-state index contributed by atoms with van der Waals surface area (Å²) in [7, 11) is 1.98. The minimum Gasteiger partial charge on any atom is -0.324 e. The molecule has 2 rings (SSSR count). The van der Waals surface area contributed by atoms with Gasteiger partial charge in [-0.05, 0) is 39.2 Å². The van der Waals surface area contributed by atoms with Crippen LogP contribution in [-0.2, 0) is 20.0 Å². The van der Waals surface area contributed by atoms with Gasteiger partial charge in [-0.2, -0.15) is 10.2 Å². The molecule has 0 fully saturated rings. The second kappa shape index (κ2) is 5.57. The van der Waals surface area contributed by atoms with Gasteiger partial charge in [-0.1, -0.05) is 0 Å². The van der Waals surface area contributed by atoms with E-state index in [0.29, 0.717) is 0 Å². The van der Waals surface area contributed by atoms with E-state index in [1.165, 1.54) is 11.3 Å². The summed E-state index contributed by atoms with van der Waals surface area (Å²) in [5, 5.41) is 8.71. The number of nitrogens with two attached hydrogens (primary N) is 1. The molecule has 0 aliphatic rings. The Morgan fingerprint density at radius 3 is 2.63 bits per heavy atom. The molecule has 2 aromatic heterocycles. The molecule has 0 aromatic carbocycles. The van der Waals surface area contributed by atoms with E-state index in [-0.39, 0.29) is 6.04 Å². The first kappa shape index (κ1) is 13.8. The van der Waals surface area contributed by atoms with Crippen molar-refractivity contribution in [3.05, 3.63) is 34.9 Å². The van der Waals surface area contributed by atoms with Gasteiger partial charge in [0, 0.05) is 37.1 Å². The Balaban J connectivity index is 2.02. The van der Waals surface area contributed by atoms with Crippen LogP contribution in [0.25, 0.3) is 0 Å². The molecule has 19 heavy (non-hydrogen) atoms. The van der Waals surface area contributed by atoms with E-state index in [2.05, 4.69) is 31.0 Å². The second-order valence-corrected chi connectivity index (χ2v) is 5.05.